The van der Waals surface area contributed by atoms with E-state index in [0.717, 1.165) is 37.7 Å². The molecule has 2 unspecified atom stereocenters. The Labute approximate surface area is 89.9 Å². The van der Waals surface area contributed by atoms with Crippen molar-refractivity contribution in [3.63, 3.8) is 0 Å². The van der Waals surface area contributed by atoms with Crippen LogP contribution < -0.4 is 0 Å². The fraction of sp³-hybridized carbons (Fsp3) is 0.538. The summed E-state index contributed by atoms with van der Waals surface area (Å²) in [6, 6.07) is 6.91. The molecule has 15 heavy (non-hydrogen) atoms. The van der Waals surface area contributed by atoms with Gasteiger partial charge in [0.25, 0.3) is 0 Å². The summed E-state index contributed by atoms with van der Waals surface area (Å²) < 4.78 is 13.3. The summed E-state index contributed by atoms with van der Waals surface area (Å²) in [5.41, 5.74) is 0.775. The Morgan fingerprint density at radius 3 is 2.73 bits per heavy atom. The van der Waals surface area contributed by atoms with Crippen molar-refractivity contribution < 1.29 is 9.50 Å². The van der Waals surface area contributed by atoms with E-state index >= 15 is 0 Å². The van der Waals surface area contributed by atoms with Gasteiger partial charge in [0.05, 0.1) is 6.10 Å². The molecule has 0 aromatic heterocycles. The summed E-state index contributed by atoms with van der Waals surface area (Å²) in [5.74, 6) is 0.259. The highest BCUT2D eigenvalue weighted by molar-refractivity contribution is 5.17. The van der Waals surface area contributed by atoms with Crippen molar-refractivity contribution in [2.75, 3.05) is 0 Å². The van der Waals surface area contributed by atoms with Crippen LogP contribution in [-0.4, -0.2) is 11.2 Å². The Balaban J connectivity index is 1.90. The summed E-state index contributed by atoms with van der Waals surface area (Å²) in [7, 11) is 0. The molecule has 0 bridgehead atoms. The molecular formula is C13H17FO. The molecule has 0 heterocycles. The minimum Gasteiger partial charge on any atom is -0.393 e. The van der Waals surface area contributed by atoms with Crippen LogP contribution in [0.25, 0.3) is 0 Å². The largest absolute Gasteiger partial charge is 0.393 e. The van der Waals surface area contributed by atoms with E-state index in [1.165, 1.54) is 6.07 Å². The van der Waals surface area contributed by atoms with Crippen LogP contribution in [0.5, 0.6) is 0 Å². The average Bonchev–Trinajstić information content (AvgIpc) is 2.63. The SMILES string of the molecule is OC1CCCC1CCc1ccccc1F. The molecule has 1 aliphatic rings. The number of hydrogen-bond acceptors (Lipinski definition) is 1. The molecule has 0 aliphatic heterocycles. The van der Waals surface area contributed by atoms with Crippen molar-refractivity contribution in [1.82, 2.24) is 0 Å². The fourth-order valence-corrected chi connectivity index (χ4v) is 2.40. The number of benzene rings is 1. The normalized spacial score (nSPS) is 25.7. The first-order valence-corrected chi connectivity index (χ1v) is 5.69. The second kappa shape index (κ2) is 4.75. The van der Waals surface area contributed by atoms with Crippen LogP contribution in [0.4, 0.5) is 4.39 Å². The fourth-order valence-electron chi connectivity index (χ4n) is 2.40. The highest BCUT2D eigenvalue weighted by Crippen LogP contribution is 2.29. The molecule has 2 rings (SSSR count). The third kappa shape index (κ3) is 2.57. The van der Waals surface area contributed by atoms with Crippen LogP contribution in [0, 0.1) is 11.7 Å². The quantitative estimate of drug-likeness (QED) is 0.809. The average molecular weight is 208 g/mol. The Hall–Kier alpha value is -0.890. The zero-order valence-corrected chi connectivity index (χ0v) is 8.82. The second-order valence-corrected chi connectivity index (χ2v) is 4.39. The Morgan fingerprint density at radius 2 is 2.07 bits per heavy atom. The van der Waals surface area contributed by atoms with Crippen molar-refractivity contribution in [3.05, 3.63) is 35.6 Å². The number of aliphatic hydroxyl groups is 1. The Morgan fingerprint density at radius 1 is 1.27 bits per heavy atom. The van der Waals surface area contributed by atoms with E-state index in [2.05, 4.69) is 0 Å². The van der Waals surface area contributed by atoms with Gasteiger partial charge in [0.1, 0.15) is 5.82 Å². The van der Waals surface area contributed by atoms with Gasteiger partial charge in [-0.15, -0.1) is 0 Å². The van der Waals surface area contributed by atoms with Crippen molar-refractivity contribution in [3.8, 4) is 0 Å². The third-order valence-electron chi connectivity index (χ3n) is 3.36. The first-order valence-electron chi connectivity index (χ1n) is 5.69. The second-order valence-electron chi connectivity index (χ2n) is 4.39. The van der Waals surface area contributed by atoms with Crippen LogP contribution in [0.1, 0.15) is 31.2 Å². The van der Waals surface area contributed by atoms with Crippen molar-refractivity contribution in [2.45, 2.75) is 38.2 Å². The predicted octanol–water partition coefficient (Wildman–Crippen LogP) is 2.92. The number of aryl methyl sites for hydroxylation is 1. The van der Waals surface area contributed by atoms with Gasteiger partial charge in [-0.2, -0.15) is 0 Å². The summed E-state index contributed by atoms with van der Waals surface area (Å²) in [6.07, 6.45) is 4.62. The standard InChI is InChI=1S/C13H17FO/c14-12-6-2-1-4-10(12)8-9-11-5-3-7-13(11)15/h1-2,4,6,11,13,15H,3,5,7-9H2. The molecule has 1 fully saturated rings. The van der Waals surface area contributed by atoms with Gasteiger partial charge in [-0.05, 0) is 43.2 Å². The molecule has 1 aromatic carbocycles. The molecule has 82 valence electrons. The van der Waals surface area contributed by atoms with E-state index in [9.17, 15) is 9.50 Å². The first kappa shape index (κ1) is 10.6. The van der Waals surface area contributed by atoms with Crippen LogP contribution >= 0.6 is 0 Å². The maximum atomic E-state index is 13.3. The van der Waals surface area contributed by atoms with Crippen molar-refractivity contribution in [2.24, 2.45) is 5.92 Å². The lowest BCUT2D eigenvalue weighted by Gasteiger charge is -2.13. The molecule has 0 spiro atoms. The zero-order valence-electron chi connectivity index (χ0n) is 8.82. The topological polar surface area (TPSA) is 20.2 Å². The van der Waals surface area contributed by atoms with E-state index < -0.39 is 0 Å². The molecular weight excluding hydrogens is 191 g/mol. The molecule has 0 saturated heterocycles. The maximum absolute atomic E-state index is 13.3. The molecule has 2 atom stereocenters. The predicted molar refractivity (Wildman–Crippen MR) is 58.1 cm³/mol. The lowest BCUT2D eigenvalue weighted by molar-refractivity contribution is 0.128. The monoisotopic (exact) mass is 208 g/mol. The van der Waals surface area contributed by atoms with Crippen molar-refractivity contribution in [1.29, 1.82) is 0 Å². The smallest absolute Gasteiger partial charge is 0.126 e. The van der Waals surface area contributed by atoms with Gasteiger partial charge in [-0.1, -0.05) is 24.6 Å². The van der Waals surface area contributed by atoms with E-state index in [0.29, 0.717) is 5.92 Å². The third-order valence-corrected chi connectivity index (χ3v) is 3.36. The summed E-state index contributed by atoms with van der Waals surface area (Å²) >= 11 is 0. The highest BCUT2D eigenvalue weighted by Gasteiger charge is 2.24. The molecule has 0 amide bonds. The van der Waals surface area contributed by atoms with Crippen LogP contribution in [0.15, 0.2) is 24.3 Å². The lowest BCUT2D eigenvalue weighted by atomic mass is 9.96. The van der Waals surface area contributed by atoms with Crippen molar-refractivity contribution >= 4 is 0 Å². The molecule has 1 N–H and O–H groups in total. The molecule has 1 saturated carbocycles. The van der Waals surface area contributed by atoms with Gasteiger partial charge in [-0.3, -0.25) is 0 Å². The number of aliphatic hydroxyl groups excluding tert-OH is 1. The summed E-state index contributed by atoms with van der Waals surface area (Å²) in [4.78, 5) is 0. The van der Waals surface area contributed by atoms with Gasteiger partial charge in [0.15, 0.2) is 0 Å². The van der Waals surface area contributed by atoms with E-state index in [4.69, 9.17) is 0 Å². The highest BCUT2D eigenvalue weighted by atomic mass is 19.1. The van der Waals surface area contributed by atoms with Gasteiger partial charge in [0.2, 0.25) is 0 Å². The van der Waals surface area contributed by atoms with Gasteiger partial charge in [-0.25, -0.2) is 4.39 Å². The lowest BCUT2D eigenvalue weighted by Crippen LogP contribution is -2.13. The minimum absolute atomic E-state index is 0.120. The van der Waals surface area contributed by atoms with Gasteiger partial charge < -0.3 is 5.11 Å². The van der Waals surface area contributed by atoms with E-state index in [1.807, 2.05) is 12.1 Å². The summed E-state index contributed by atoms with van der Waals surface area (Å²) in [6.45, 7) is 0. The van der Waals surface area contributed by atoms with Crippen LogP contribution in [-0.2, 0) is 6.42 Å². The maximum Gasteiger partial charge on any atom is 0.126 e. The Bertz CT molecular complexity index is 324. The summed E-state index contributed by atoms with van der Waals surface area (Å²) in [5, 5.41) is 9.64. The van der Waals surface area contributed by atoms with E-state index in [-0.39, 0.29) is 11.9 Å². The molecule has 1 aliphatic carbocycles. The van der Waals surface area contributed by atoms with Gasteiger partial charge in [0, 0.05) is 0 Å². The molecule has 1 nitrogen and oxygen atoms in total. The van der Waals surface area contributed by atoms with Gasteiger partial charge >= 0.3 is 0 Å². The van der Waals surface area contributed by atoms with E-state index in [1.54, 1.807) is 6.07 Å². The number of hydrogen-bond donors (Lipinski definition) is 1. The van der Waals surface area contributed by atoms with Crippen LogP contribution in [0.3, 0.4) is 0 Å². The van der Waals surface area contributed by atoms with Crippen LogP contribution in [0.2, 0.25) is 0 Å². The number of halogens is 1. The molecule has 0 radical (unpaired) electrons. The molecule has 2 heteroatoms. The zero-order chi connectivity index (χ0) is 10.7. The minimum atomic E-state index is -0.156. The first-order chi connectivity index (χ1) is 7.27. The Kier molecular flexibility index (Phi) is 3.37. The number of rotatable bonds is 3. The molecule has 1 aromatic rings.